The van der Waals surface area contributed by atoms with Crippen LogP contribution in [0.3, 0.4) is 0 Å². The van der Waals surface area contributed by atoms with Gasteiger partial charge >= 0.3 is 12.0 Å². The maximum absolute atomic E-state index is 13.7. The molecule has 0 aliphatic carbocycles. The maximum Gasteiger partial charge on any atom is 0.319 e. The number of carbonyl (C=O) groups excluding carboxylic acids is 1. The second-order valence-electron chi connectivity index (χ2n) is 9.94. The average molecular weight is 569 g/mol. The molecule has 0 spiro atoms. The van der Waals surface area contributed by atoms with Crippen molar-refractivity contribution in [3.05, 3.63) is 34.9 Å². The molecule has 2 fully saturated rings. The first kappa shape index (κ1) is 29.0. The van der Waals surface area contributed by atoms with Gasteiger partial charge in [-0.25, -0.2) is 9.18 Å². The Kier molecular flexibility index (Phi) is 9.95. The first-order valence-electron chi connectivity index (χ1n) is 13.4. The molecule has 2 saturated heterocycles. The number of benzene rings is 1. The summed E-state index contributed by atoms with van der Waals surface area (Å²) in [5.74, 6) is -1.17. The third-order valence-corrected chi connectivity index (χ3v) is 7.21. The lowest BCUT2D eigenvalue weighted by Crippen LogP contribution is -2.37. The SMILES string of the molecule is CN(CCNC(=O)Nc1ccc(Cl)c(C(F)(F)CF)c1)CCNc1cc(N2CCCC2)nc(N2CCCC2)n1. The molecular formula is C26H36ClF3N8O. The fourth-order valence-electron chi connectivity index (χ4n) is 4.66. The van der Waals surface area contributed by atoms with Crippen molar-refractivity contribution in [3.63, 3.8) is 0 Å². The van der Waals surface area contributed by atoms with Crippen molar-refractivity contribution in [3.8, 4) is 0 Å². The van der Waals surface area contributed by atoms with E-state index in [1.807, 2.05) is 13.1 Å². The van der Waals surface area contributed by atoms with Gasteiger partial charge in [0, 0.05) is 74.7 Å². The van der Waals surface area contributed by atoms with Crippen LogP contribution in [0.1, 0.15) is 31.2 Å². The molecule has 214 valence electrons. The molecular weight excluding hydrogens is 533 g/mol. The van der Waals surface area contributed by atoms with Crippen LogP contribution in [0, 0.1) is 0 Å². The van der Waals surface area contributed by atoms with Gasteiger partial charge in [0.25, 0.3) is 0 Å². The number of nitrogens with one attached hydrogen (secondary N) is 3. The van der Waals surface area contributed by atoms with Crippen molar-refractivity contribution < 1.29 is 18.0 Å². The Morgan fingerprint density at radius 2 is 1.69 bits per heavy atom. The Labute approximate surface area is 232 Å². The third-order valence-electron chi connectivity index (χ3n) is 6.88. The van der Waals surface area contributed by atoms with E-state index < -0.39 is 24.2 Å². The Morgan fingerprint density at radius 3 is 2.38 bits per heavy atom. The highest BCUT2D eigenvalue weighted by molar-refractivity contribution is 6.31. The molecule has 3 N–H and O–H groups in total. The van der Waals surface area contributed by atoms with E-state index in [2.05, 4.69) is 30.7 Å². The molecule has 0 radical (unpaired) electrons. The lowest BCUT2D eigenvalue weighted by Gasteiger charge is -2.22. The van der Waals surface area contributed by atoms with Crippen LogP contribution in [0.15, 0.2) is 24.3 Å². The van der Waals surface area contributed by atoms with Crippen molar-refractivity contribution in [1.29, 1.82) is 0 Å². The number of alkyl halides is 3. The van der Waals surface area contributed by atoms with Crippen LogP contribution in [-0.4, -0.2) is 87.0 Å². The number of urea groups is 1. The van der Waals surface area contributed by atoms with Gasteiger partial charge in [-0.3, -0.25) is 0 Å². The van der Waals surface area contributed by atoms with Crippen LogP contribution < -0.4 is 25.8 Å². The molecule has 1 aromatic heterocycles. The number of aromatic nitrogens is 2. The highest BCUT2D eigenvalue weighted by Gasteiger charge is 2.34. The minimum atomic E-state index is -3.72. The summed E-state index contributed by atoms with van der Waals surface area (Å²) in [5.41, 5.74) is -0.565. The number of likely N-dealkylation sites (N-methyl/N-ethyl adjacent to an activating group) is 1. The summed E-state index contributed by atoms with van der Waals surface area (Å²) in [6, 6.07) is 5.04. The molecule has 2 aliphatic heterocycles. The molecule has 2 amide bonds. The van der Waals surface area contributed by atoms with Crippen molar-refractivity contribution in [2.45, 2.75) is 31.6 Å². The second kappa shape index (κ2) is 13.4. The van der Waals surface area contributed by atoms with E-state index in [4.69, 9.17) is 21.6 Å². The zero-order valence-corrected chi connectivity index (χ0v) is 22.9. The van der Waals surface area contributed by atoms with Gasteiger partial charge in [0.05, 0.1) is 0 Å². The number of nitrogens with zero attached hydrogens (tertiary/aromatic N) is 5. The van der Waals surface area contributed by atoms with E-state index in [0.717, 1.165) is 62.7 Å². The Balaban J connectivity index is 1.22. The summed E-state index contributed by atoms with van der Waals surface area (Å²) in [7, 11) is 1.94. The number of anilines is 4. The van der Waals surface area contributed by atoms with Crippen LogP contribution in [0.2, 0.25) is 5.02 Å². The zero-order valence-electron chi connectivity index (χ0n) is 22.2. The smallest absolute Gasteiger partial charge is 0.319 e. The topological polar surface area (TPSA) is 88.7 Å². The summed E-state index contributed by atoms with van der Waals surface area (Å²) in [4.78, 5) is 28.4. The van der Waals surface area contributed by atoms with Crippen LogP contribution in [0.4, 0.5) is 41.2 Å². The van der Waals surface area contributed by atoms with E-state index in [0.29, 0.717) is 26.2 Å². The van der Waals surface area contributed by atoms with Gasteiger partial charge in [-0.2, -0.15) is 18.7 Å². The number of hydrogen-bond donors (Lipinski definition) is 3. The fraction of sp³-hybridized carbons (Fsp3) is 0.577. The van der Waals surface area contributed by atoms with Gasteiger partial charge in [0.15, 0.2) is 6.67 Å². The largest absolute Gasteiger partial charge is 0.369 e. The molecule has 0 saturated carbocycles. The Hall–Kier alpha value is -2.99. The van der Waals surface area contributed by atoms with Crippen LogP contribution in [-0.2, 0) is 5.92 Å². The highest BCUT2D eigenvalue weighted by Crippen LogP contribution is 2.35. The zero-order chi connectivity index (χ0) is 27.8. The van der Waals surface area contributed by atoms with Crippen molar-refractivity contribution >= 4 is 40.9 Å². The molecule has 2 aromatic rings. The predicted octanol–water partition coefficient (Wildman–Crippen LogP) is 4.56. The fourth-order valence-corrected chi connectivity index (χ4v) is 4.91. The lowest BCUT2D eigenvalue weighted by molar-refractivity contribution is -0.0279. The number of rotatable bonds is 12. The molecule has 0 unspecified atom stereocenters. The number of amides is 2. The molecule has 13 heteroatoms. The van der Waals surface area contributed by atoms with Gasteiger partial charge < -0.3 is 30.7 Å². The summed E-state index contributed by atoms with van der Waals surface area (Å²) in [5, 5.41) is 8.33. The van der Waals surface area contributed by atoms with Crippen molar-refractivity contribution in [1.82, 2.24) is 20.2 Å². The van der Waals surface area contributed by atoms with Gasteiger partial charge in [0.1, 0.15) is 11.6 Å². The number of carbonyl (C=O) groups is 1. The van der Waals surface area contributed by atoms with E-state index in [1.165, 1.54) is 25.0 Å². The van der Waals surface area contributed by atoms with Crippen molar-refractivity contribution in [2.24, 2.45) is 0 Å². The molecule has 9 nitrogen and oxygen atoms in total. The molecule has 1 aromatic carbocycles. The summed E-state index contributed by atoms with van der Waals surface area (Å²) < 4.78 is 40.2. The highest BCUT2D eigenvalue weighted by atomic mass is 35.5. The number of halogens is 4. The molecule has 3 heterocycles. The Bertz CT molecular complexity index is 1080. The van der Waals surface area contributed by atoms with E-state index in [9.17, 15) is 18.0 Å². The minimum Gasteiger partial charge on any atom is -0.369 e. The normalized spacial score (nSPS) is 15.7. The van der Waals surface area contributed by atoms with Gasteiger partial charge in [-0.05, 0) is 50.9 Å². The van der Waals surface area contributed by atoms with Gasteiger partial charge in [0.2, 0.25) is 5.95 Å². The monoisotopic (exact) mass is 568 g/mol. The Morgan fingerprint density at radius 1 is 1.03 bits per heavy atom. The molecule has 39 heavy (non-hydrogen) atoms. The molecule has 0 bridgehead atoms. The number of hydrogen-bond acceptors (Lipinski definition) is 7. The summed E-state index contributed by atoms with van der Waals surface area (Å²) in [6.07, 6.45) is 4.68. The maximum atomic E-state index is 13.7. The average Bonchev–Trinajstić information content (AvgIpc) is 3.65. The summed E-state index contributed by atoms with van der Waals surface area (Å²) in [6.45, 7) is 4.41. The molecule has 4 rings (SSSR count). The van der Waals surface area contributed by atoms with Gasteiger partial charge in [-0.15, -0.1) is 0 Å². The summed E-state index contributed by atoms with van der Waals surface area (Å²) >= 11 is 5.77. The van der Waals surface area contributed by atoms with E-state index >= 15 is 0 Å². The lowest BCUT2D eigenvalue weighted by atomic mass is 10.1. The van der Waals surface area contributed by atoms with Crippen LogP contribution >= 0.6 is 11.6 Å². The minimum absolute atomic E-state index is 0.101. The van der Waals surface area contributed by atoms with Gasteiger partial charge in [-0.1, -0.05) is 11.6 Å². The first-order chi connectivity index (χ1) is 18.7. The quantitative estimate of drug-likeness (QED) is 0.346. The molecule has 2 aliphatic rings. The second-order valence-corrected chi connectivity index (χ2v) is 10.4. The molecule has 0 atom stereocenters. The standard InChI is InChI=1S/C26H36ClF3N8O/c1-36(15-9-32-25(39)33-19-6-7-21(27)20(16-19)26(29,30)18-28)14-8-31-22-17-23(37-10-2-3-11-37)35-24(34-22)38-12-4-5-13-38/h6-7,16-17H,2-5,8-15,18H2,1H3,(H,31,34,35)(H2,32,33,39). The van der Waals surface area contributed by atoms with E-state index in [1.54, 1.807) is 0 Å². The predicted molar refractivity (Wildman–Crippen MR) is 149 cm³/mol. The first-order valence-corrected chi connectivity index (χ1v) is 13.7. The van der Waals surface area contributed by atoms with E-state index in [-0.39, 0.29) is 10.7 Å². The third kappa shape index (κ3) is 8.01. The van der Waals surface area contributed by atoms with Crippen LogP contribution in [0.25, 0.3) is 0 Å². The van der Waals surface area contributed by atoms with Crippen molar-refractivity contribution in [2.75, 3.05) is 86.5 Å². The van der Waals surface area contributed by atoms with Crippen LogP contribution in [0.5, 0.6) is 0 Å².